The zero-order chi connectivity index (χ0) is 19.4. The number of amides is 1. The van der Waals surface area contributed by atoms with Crippen LogP contribution in [-0.4, -0.2) is 29.8 Å². The maximum absolute atomic E-state index is 12.3. The summed E-state index contributed by atoms with van der Waals surface area (Å²) in [5.74, 6) is 0.0808. The molecule has 0 saturated heterocycles. The molecule has 0 unspecified atom stereocenters. The Morgan fingerprint density at radius 3 is 2.56 bits per heavy atom. The van der Waals surface area contributed by atoms with Gasteiger partial charge in [0.1, 0.15) is 17.2 Å². The Hall–Kier alpha value is -3.13. The van der Waals surface area contributed by atoms with Crippen molar-refractivity contribution in [1.29, 1.82) is 0 Å². The number of methoxy groups -OCH3 is 1. The van der Waals surface area contributed by atoms with E-state index in [0.29, 0.717) is 17.1 Å². The molecule has 2 N–H and O–H groups in total. The predicted octanol–water partition coefficient (Wildman–Crippen LogP) is 4.59. The molecule has 9 heteroatoms. The number of alkyl halides is 2. The van der Waals surface area contributed by atoms with Crippen LogP contribution in [0.1, 0.15) is 10.5 Å². The number of halogens is 3. The Balaban J connectivity index is 1.71. The van der Waals surface area contributed by atoms with Crippen LogP contribution in [0.3, 0.4) is 0 Å². The highest BCUT2D eigenvalue weighted by Gasteiger charge is 2.14. The first-order valence-electron chi connectivity index (χ1n) is 7.72. The first kappa shape index (κ1) is 18.7. The van der Waals surface area contributed by atoms with Gasteiger partial charge in [-0.3, -0.25) is 9.89 Å². The van der Waals surface area contributed by atoms with Gasteiger partial charge in [0.05, 0.1) is 17.8 Å². The third-order valence-electron chi connectivity index (χ3n) is 3.61. The Kier molecular flexibility index (Phi) is 5.56. The molecular formula is C18H14ClF2N3O3. The first-order chi connectivity index (χ1) is 13.0. The van der Waals surface area contributed by atoms with E-state index in [4.69, 9.17) is 16.3 Å². The summed E-state index contributed by atoms with van der Waals surface area (Å²) in [4.78, 5) is 12.3. The monoisotopic (exact) mass is 393 g/mol. The first-order valence-corrected chi connectivity index (χ1v) is 8.09. The van der Waals surface area contributed by atoms with Gasteiger partial charge in [0.15, 0.2) is 0 Å². The van der Waals surface area contributed by atoms with E-state index in [0.717, 1.165) is 5.56 Å². The molecule has 0 aliphatic rings. The van der Waals surface area contributed by atoms with E-state index in [1.165, 1.54) is 18.2 Å². The van der Waals surface area contributed by atoms with Gasteiger partial charge in [-0.25, -0.2) is 0 Å². The van der Waals surface area contributed by atoms with Gasteiger partial charge in [0, 0.05) is 11.3 Å². The third-order valence-corrected chi connectivity index (χ3v) is 3.91. The van der Waals surface area contributed by atoms with Crippen molar-refractivity contribution in [3.63, 3.8) is 0 Å². The van der Waals surface area contributed by atoms with Gasteiger partial charge in [-0.2, -0.15) is 13.9 Å². The minimum absolute atomic E-state index is 0.0448. The van der Waals surface area contributed by atoms with Crippen LogP contribution in [0.5, 0.6) is 11.5 Å². The highest BCUT2D eigenvalue weighted by molar-refractivity contribution is 6.32. The fourth-order valence-corrected chi connectivity index (χ4v) is 2.54. The van der Waals surface area contributed by atoms with Gasteiger partial charge in [0.2, 0.25) is 0 Å². The lowest BCUT2D eigenvalue weighted by Crippen LogP contribution is -2.12. The lowest BCUT2D eigenvalue weighted by atomic mass is 10.1. The number of hydrogen-bond acceptors (Lipinski definition) is 4. The number of anilines is 1. The van der Waals surface area contributed by atoms with E-state index >= 15 is 0 Å². The zero-order valence-corrected chi connectivity index (χ0v) is 14.8. The smallest absolute Gasteiger partial charge is 0.387 e. The van der Waals surface area contributed by atoms with Crippen LogP contribution in [0.25, 0.3) is 11.3 Å². The Morgan fingerprint density at radius 1 is 1.19 bits per heavy atom. The number of rotatable bonds is 6. The van der Waals surface area contributed by atoms with E-state index < -0.39 is 12.5 Å². The molecular weight excluding hydrogens is 380 g/mol. The predicted molar refractivity (Wildman–Crippen MR) is 96.6 cm³/mol. The van der Waals surface area contributed by atoms with Crippen molar-refractivity contribution in [2.24, 2.45) is 0 Å². The van der Waals surface area contributed by atoms with Crippen LogP contribution in [0.15, 0.2) is 48.5 Å². The zero-order valence-electron chi connectivity index (χ0n) is 14.0. The molecule has 0 saturated carbocycles. The maximum Gasteiger partial charge on any atom is 0.387 e. The second kappa shape index (κ2) is 8.05. The molecule has 0 aliphatic heterocycles. The molecule has 0 bridgehead atoms. The summed E-state index contributed by atoms with van der Waals surface area (Å²) in [6, 6.07) is 12.8. The van der Waals surface area contributed by atoms with Gasteiger partial charge in [-0.05, 0) is 48.5 Å². The second-order valence-electron chi connectivity index (χ2n) is 5.37. The number of benzene rings is 2. The summed E-state index contributed by atoms with van der Waals surface area (Å²) >= 11 is 5.87. The molecule has 1 amide bonds. The molecule has 1 aromatic heterocycles. The number of hydrogen-bond donors (Lipinski definition) is 2. The number of aromatic amines is 1. The van der Waals surface area contributed by atoms with Crippen LogP contribution in [-0.2, 0) is 0 Å². The summed E-state index contributed by atoms with van der Waals surface area (Å²) in [5, 5.41) is 9.33. The van der Waals surface area contributed by atoms with Crippen LogP contribution in [0.2, 0.25) is 5.02 Å². The van der Waals surface area contributed by atoms with Gasteiger partial charge in [-0.1, -0.05) is 11.6 Å². The summed E-state index contributed by atoms with van der Waals surface area (Å²) in [5.41, 5.74) is 1.95. The average molecular weight is 394 g/mol. The topological polar surface area (TPSA) is 76.2 Å². The number of carbonyl (C=O) groups is 1. The van der Waals surface area contributed by atoms with Crippen LogP contribution >= 0.6 is 11.6 Å². The molecule has 0 aliphatic carbocycles. The molecule has 3 rings (SSSR count). The summed E-state index contributed by atoms with van der Waals surface area (Å²) in [6.07, 6.45) is 0. The normalized spacial score (nSPS) is 10.7. The second-order valence-corrected chi connectivity index (χ2v) is 5.78. The molecule has 0 fully saturated rings. The van der Waals surface area contributed by atoms with Crippen LogP contribution in [0.4, 0.5) is 14.5 Å². The SMILES string of the molecule is COc1ccc(-c2cc(C(=O)Nc3ccc(OC(F)F)c(Cl)c3)[nH]n2)cc1. The number of aromatic nitrogens is 2. The van der Waals surface area contributed by atoms with Crippen molar-refractivity contribution >= 4 is 23.2 Å². The number of nitrogens with one attached hydrogen (secondary N) is 2. The van der Waals surface area contributed by atoms with E-state index in [1.54, 1.807) is 25.3 Å². The lowest BCUT2D eigenvalue weighted by Gasteiger charge is -2.09. The number of nitrogens with zero attached hydrogens (tertiary/aromatic N) is 1. The van der Waals surface area contributed by atoms with Gasteiger partial charge >= 0.3 is 6.61 Å². The highest BCUT2D eigenvalue weighted by atomic mass is 35.5. The van der Waals surface area contributed by atoms with Crippen molar-refractivity contribution in [2.45, 2.75) is 6.61 Å². The Labute approximate surface area is 158 Å². The van der Waals surface area contributed by atoms with Gasteiger partial charge in [-0.15, -0.1) is 0 Å². The van der Waals surface area contributed by atoms with E-state index in [1.807, 2.05) is 12.1 Å². The van der Waals surface area contributed by atoms with Crippen LogP contribution in [0, 0.1) is 0 Å². The largest absolute Gasteiger partial charge is 0.497 e. The van der Waals surface area contributed by atoms with Gasteiger partial charge in [0.25, 0.3) is 5.91 Å². The molecule has 0 atom stereocenters. The minimum atomic E-state index is -2.98. The average Bonchev–Trinajstić information content (AvgIpc) is 3.14. The number of H-pyrrole nitrogens is 1. The van der Waals surface area contributed by atoms with Crippen LogP contribution < -0.4 is 14.8 Å². The van der Waals surface area contributed by atoms with Crippen molar-refractivity contribution in [1.82, 2.24) is 10.2 Å². The molecule has 2 aromatic carbocycles. The summed E-state index contributed by atoms with van der Waals surface area (Å²) in [7, 11) is 1.57. The van der Waals surface area contributed by atoms with Crippen molar-refractivity contribution in [3.8, 4) is 22.8 Å². The summed E-state index contributed by atoms with van der Waals surface area (Å²) in [6.45, 7) is -2.98. The molecule has 6 nitrogen and oxygen atoms in total. The molecule has 140 valence electrons. The molecule has 1 heterocycles. The van der Waals surface area contributed by atoms with E-state index in [9.17, 15) is 13.6 Å². The maximum atomic E-state index is 12.3. The minimum Gasteiger partial charge on any atom is -0.497 e. The standard InChI is InChI=1S/C18H14ClF2N3O3/c1-26-12-5-2-10(3-6-12)14-9-15(24-23-14)17(25)22-11-4-7-16(13(19)8-11)27-18(20)21/h2-9,18H,1H3,(H,22,25)(H,23,24). The van der Waals surface area contributed by atoms with Crippen molar-refractivity contribution in [3.05, 3.63) is 59.2 Å². The van der Waals surface area contributed by atoms with E-state index in [2.05, 4.69) is 20.3 Å². The van der Waals surface area contributed by atoms with Gasteiger partial charge < -0.3 is 14.8 Å². The Morgan fingerprint density at radius 2 is 1.93 bits per heavy atom. The molecule has 27 heavy (non-hydrogen) atoms. The van der Waals surface area contributed by atoms with Crippen molar-refractivity contribution < 1.29 is 23.0 Å². The molecule has 3 aromatic rings. The third kappa shape index (κ3) is 4.53. The molecule has 0 radical (unpaired) electrons. The number of ether oxygens (including phenoxy) is 2. The number of carbonyl (C=O) groups excluding carboxylic acids is 1. The summed E-state index contributed by atoms with van der Waals surface area (Å²) < 4.78 is 33.9. The fraction of sp³-hybridized carbons (Fsp3) is 0.111. The Bertz CT molecular complexity index is 945. The fourth-order valence-electron chi connectivity index (χ4n) is 2.32. The van der Waals surface area contributed by atoms with E-state index in [-0.39, 0.29) is 16.5 Å². The lowest BCUT2D eigenvalue weighted by molar-refractivity contribution is -0.0497. The molecule has 0 spiro atoms. The highest BCUT2D eigenvalue weighted by Crippen LogP contribution is 2.29. The van der Waals surface area contributed by atoms with Crippen molar-refractivity contribution in [2.75, 3.05) is 12.4 Å². The quantitative estimate of drug-likeness (QED) is 0.642.